The molecule has 0 rings (SSSR count). The largest absolute Gasteiger partial charge is 0.481 e. The first-order valence-electron chi connectivity index (χ1n) is 4.56. The highest BCUT2D eigenvalue weighted by molar-refractivity contribution is 5.70. The van der Waals surface area contributed by atoms with E-state index in [1.807, 2.05) is 20.8 Å². The van der Waals surface area contributed by atoms with E-state index in [9.17, 15) is 4.79 Å². The summed E-state index contributed by atoms with van der Waals surface area (Å²) in [5.74, 6) is 1.51. The van der Waals surface area contributed by atoms with Gasteiger partial charge in [0.05, 0.1) is 5.92 Å². The molecule has 0 radical (unpaired) electrons. The second-order valence-corrected chi connectivity index (χ2v) is 4.35. The summed E-state index contributed by atoms with van der Waals surface area (Å²) >= 11 is 0. The van der Waals surface area contributed by atoms with Gasteiger partial charge in [-0.15, -0.1) is 12.3 Å². The normalized spacial score (nSPS) is 13.4. The van der Waals surface area contributed by atoms with Gasteiger partial charge in [0.15, 0.2) is 0 Å². The van der Waals surface area contributed by atoms with Crippen LogP contribution in [0.1, 0.15) is 40.0 Å². The van der Waals surface area contributed by atoms with Crippen molar-refractivity contribution >= 4 is 5.97 Å². The Morgan fingerprint density at radius 2 is 2.08 bits per heavy atom. The molecule has 1 atom stereocenters. The molecule has 1 unspecified atom stereocenters. The second kappa shape index (κ2) is 4.91. The Hall–Kier alpha value is -0.970. The summed E-state index contributed by atoms with van der Waals surface area (Å²) in [5, 5.41) is 8.96. The third kappa shape index (κ3) is 4.57. The van der Waals surface area contributed by atoms with Crippen LogP contribution in [-0.4, -0.2) is 11.1 Å². The molecule has 0 fully saturated rings. The monoisotopic (exact) mass is 182 g/mol. The maximum Gasteiger partial charge on any atom is 0.307 e. The van der Waals surface area contributed by atoms with Gasteiger partial charge in [-0.25, -0.2) is 0 Å². The van der Waals surface area contributed by atoms with Gasteiger partial charge in [-0.1, -0.05) is 20.8 Å². The first-order valence-corrected chi connectivity index (χ1v) is 4.56. The van der Waals surface area contributed by atoms with E-state index in [2.05, 4.69) is 5.92 Å². The molecule has 0 saturated carbocycles. The summed E-state index contributed by atoms with van der Waals surface area (Å²) in [6.07, 6.45) is 7.24. The van der Waals surface area contributed by atoms with Crippen LogP contribution in [0.2, 0.25) is 0 Å². The van der Waals surface area contributed by atoms with Crippen LogP contribution >= 0.6 is 0 Å². The number of rotatable bonds is 4. The lowest BCUT2D eigenvalue weighted by atomic mass is 9.78. The second-order valence-electron chi connectivity index (χ2n) is 4.35. The molecule has 0 aromatic rings. The molecule has 1 N–H and O–H groups in total. The van der Waals surface area contributed by atoms with E-state index in [0.717, 1.165) is 6.42 Å². The van der Waals surface area contributed by atoms with E-state index < -0.39 is 5.97 Å². The Balaban J connectivity index is 4.14. The molecule has 0 bridgehead atoms. The molecule has 13 heavy (non-hydrogen) atoms. The standard InChI is InChI=1S/C11H18O2/c1-5-6-7-8-9(10(12)13)11(2,3)4/h1,9H,6-8H2,2-4H3,(H,12,13). The van der Waals surface area contributed by atoms with Crippen LogP contribution in [0, 0.1) is 23.7 Å². The van der Waals surface area contributed by atoms with Gasteiger partial charge in [-0.05, 0) is 18.3 Å². The van der Waals surface area contributed by atoms with E-state index in [0.29, 0.717) is 12.8 Å². The minimum absolute atomic E-state index is 0.180. The summed E-state index contributed by atoms with van der Waals surface area (Å²) in [6.45, 7) is 5.84. The molecular formula is C11H18O2. The molecule has 0 aromatic heterocycles. The quantitative estimate of drug-likeness (QED) is 0.536. The van der Waals surface area contributed by atoms with Crippen molar-refractivity contribution in [3.05, 3.63) is 0 Å². The zero-order valence-electron chi connectivity index (χ0n) is 8.63. The van der Waals surface area contributed by atoms with Gasteiger partial charge in [0.1, 0.15) is 0 Å². The average Bonchev–Trinajstić information content (AvgIpc) is 1.94. The highest BCUT2D eigenvalue weighted by Crippen LogP contribution is 2.30. The van der Waals surface area contributed by atoms with Gasteiger partial charge in [0, 0.05) is 6.42 Å². The van der Waals surface area contributed by atoms with Crippen molar-refractivity contribution < 1.29 is 9.90 Å². The van der Waals surface area contributed by atoms with Crippen molar-refractivity contribution in [1.29, 1.82) is 0 Å². The lowest BCUT2D eigenvalue weighted by molar-refractivity contribution is -0.145. The van der Waals surface area contributed by atoms with Crippen LogP contribution in [0.4, 0.5) is 0 Å². The molecular weight excluding hydrogens is 164 g/mol. The predicted octanol–water partition coefficient (Wildman–Crippen LogP) is 2.54. The van der Waals surface area contributed by atoms with Gasteiger partial charge >= 0.3 is 5.97 Å². The lowest BCUT2D eigenvalue weighted by Crippen LogP contribution is -2.28. The molecule has 2 nitrogen and oxygen atoms in total. The molecule has 0 aliphatic heterocycles. The summed E-state index contributed by atoms with van der Waals surface area (Å²) in [6, 6.07) is 0. The fourth-order valence-electron chi connectivity index (χ4n) is 1.34. The first kappa shape index (κ1) is 12.0. The predicted molar refractivity (Wildman–Crippen MR) is 53.3 cm³/mol. The first-order chi connectivity index (χ1) is 5.89. The fourth-order valence-corrected chi connectivity index (χ4v) is 1.34. The fraction of sp³-hybridized carbons (Fsp3) is 0.727. The Bertz CT molecular complexity index is 205. The van der Waals surface area contributed by atoms with Crippen LogP contribution in [-0.2, 0) is 4.79 Å². The van der Waals surface area contributed by atoms with Crippen molar-refractivity contribution in [3.63, 3.8) is 0 Å². The van der Waals surface area contributed by atoms with Crippen molar-refractivity contribution in [1.82, 2.24) is 0 Å². The molecule has 0 heterocycles. The van der Waals surface area contributed by atoms with Gasteiger partial charge < -0.3 is 5.11 Å². The Morgan fingerprint density at radius 1 is 1.54 bits per heavy atom. The molecule has 0 aliphatic rings. The van der Waals surface area contributed by atoms with Crippen LogP contribution in [0.5, 0.6) is 0 Å². The van der Waals surface area contributed by atoms with Crippen LogP contribution in [0.15, 0.2) is 0 Å². The maximum absolute atomic E-state index is 10.9. The number of aliphatic carboxylic acids is 1. The topological polar surface area (TPSA) is 37.3 Å². The van der Waals surface area contributed by atoms with Gasteiger partial charge in [-0.2, -0.15) is 0 Å². The number of terminal acetylenes is 1. The van der Waals surface area contributed by atoms with E-state index in [1.54, 1.807) is 0 Å². The van der Waals surface area contributed by atoms with Gasteiger partial charge in [0.25, 0.3) is 0 Å². The lowest BCUT2D eigenvalue weighted by Gasteiger charge is -2.26. The SMILES string of the molecule is C#CCCCC(C(=O)O)C(C)(C)C. The minimum atomic E-state index is -0.718. The number of hydrogen-bond acceptors (Lipinski definition) is 1. The number of unbranched alkanes of at least 4 members (excludes halogenated alkanes) is 1. The maximum atomic E-state index is 10.9. The number of carboxylic acids is 1. The number of carbonyl (C=O) groups is 1. The van der Waals surface area contributed by atoms with Crippen molar-refractivity contribution in [2.24, 2.45) is 11.3 Å². The third-order valence-corrected chi connectivity index (χ3v) is 2.16. The zero-order valence-corrected chi connectivity index (χ0v) is 8.63. The Morgan fingerprint density at radius 3 is 2.38 bits per heavy atom. The molecule has 0 spiro atoms. The Kier molecular flexibility index (Phi) is 4.55. The summed E-state index contributed by atoms with van der Waals surface area (Å²) in [4.78, 5) is 10.9. The summed E-state index contributed by atoms with van der Waals surface area (Å²) in [7, 11) is 0. The number of carboxylic acid groups (broad SMARTS) is 1. The molecule has 0 aromatic carbocycles. The van der Waals surface area contributed by atoms with E-state index in [4.69, 9.17) is 11.5 Å². The molecule has 0 amide bonds. The van der Waals surface area contributed by atoms with Crippen LogP contribution in [0.3, 0.4) is 0 Å². The van der Waals surface area contributed by atoms with Crippen molar-refractivity contribution in [3.8, 4) is 12.3 Å². The summed E-state index contributed by atoms with van der Waals surface area (Å²) < 4.78 is 0. The summed E-state index contributed by atoms with van der Waals surface area (Å²) in [5.41, 5.74) is -0.180. The highest BCUT2D eigenvalue weighted by atomic mass is 16.4. The van der Waals surface area contributed by atoms with Crippen molar-refractivity contribution in [2.75, 3.05) is 0 Å². The Labute approximate surface area is 80.3 Å². The molecule has 74 valence electrons. The minimum Gasteiger partial charge on any atom is -0.481 e. The average molecular weight is 182 g/mol. The van der Waals surface area contributed by atoms with E-state index >= 15 is 0 Å². The molecule has 0 saturated heterocycles. The van der Waals surface area contributed by atoms with Crippen LogP contribution < -0.4 is 0 Å². The zero-order chi connectivity index (χ0) is 10.5. The smallest absolute Gasteiger partial charge is 0.307 e. The van der Waals surface area contributed by atoms with Gasteiger partial charge in [0.2, 0.25) is 0 Å². The number of hydrogen-bond donors (Lipinski definition) is 1. The highest BCUT2D eigenvalue weighted by Gasteiger charge is 2.30. The van der Waals surface area contributed by atoms with E-state index in [-0.39, 0.29) is 11.3 Å². The van der Waals surface area contributed by atoms with Crippen LogP contribution in [0.25, 0.3) is 0 Å². The van der Waals surface area contributed by atoms with Gasteiger partial charge in [-0.3, -0.25) is 4.79 Å². The van der Waals surface area contributed by atoms with Crippen molar-refractivity contribution in [2.45, 2.75) is 40.0 Å². The molecule has 0 aliphatic carbocycles. The molecule has 2 heteroatoms. The third-order valence-electron chi connectivity index (χ3n) is 2.16. The van der Waals surface area contributed by atoms with E-state index in [1.165, 1.54) is 0 Å².